The van der Waals surface area contributed by atoms with E-state index in [1.54, 1.807) is 0 Å². The van der Waals surface area contributed by atoms with E-state index < -0.39 is 18.5 Å². The van der Waals surface area contributed by atoms with Crippen LogP contribution < -0.4 is 10.6 Å². The number of pyridine rings is 1. The van der Waals surface area contributed by atoms with Crippen LogP contribution in [0.15, 0.2) is 30.6 Å². The van der Waals surface area contributed by atoms with Crippen LogP contribution in [-0.2, 0) is 14.3 Å². The van der Waals surface area contributed by atoms with Gasteiger partial charge in [0, 0.05) is 30.5 Å². The van der Waals surface area contributed by atoms with Gasteiger partial charge in [0.1, 0.15) is 9.71 Å². The Morgan fingerprint density at radius 3 is 2.57 bits per heavy atom. The zero-order chi connectivity index (χ0) is 20.3. The summed E-state index contributed by atoms with van der Waals surface area (Å²) in [6.07, 6.45) is 3.68. The third-order valence-corrected chi connectivity index (χ3v) is 5.12. The molecular weight excluding hydrogens is 380 g/mol. The van der Waals surface area contributed by atoms with E-state index in [4.69, 9.17) is 4.74 Å². The number of esters is 1. The number of likely N-dealkylation sites (N-methyl/N-ethyl adjacent to an activating group) is 1. The number of carbonyl (C=O) groups is 3. The highest BCUT2D eigenvalue weighted by molar-refractivity contribution is 7.21. The molecule has 0 saturated carbocycles. The van der Waals surface area contributed by atoms with Gasteiger partial charge in [0.15, 0.2) is 6.61 Å². The lowest BCUT2D eigenvalue weighted by Crippen LogP contribution is -2.37. The monoisotopic (exact) mass is 400 g/mol. The van der Waals surface area contributed by atoms with Crippen molar-refractivity contribution < 1.29 is 19.1 Å². The number of aromatic nitrogens is 2. The van der Waals surface area contributed by atoms with Gasteiger partial charge >= 0.3 is 5.97 Å². The second-order valence-electron chi connectivity index (χ2n) is 6.16. The number of rotatable bonds is 6. The molecule has 146 valence electrons. The molecule has 0 aliphatic carbocycles. The summed E-state index contributed by atoms with van der Waals surface area (Å²) in [4.78, 5) is 41.3. The van der Waals surface area contributed by atoms with E-state index in [9.17, 15) is 14.4 Å². The van der Waals surface area contributed by atoms with Gasteiger partial charge in [-0.2, -0.15) is 0 Å². The van der Waals surface area contributed by atoms with Crippen molar-refractivity contribution in [3.8, 4) is 5.69 Å². The molecule has 0 aliphatic rings. The maximum atomic E-state index is 12.7. The molecule has 0 bridgehead atoms. The van der Waals surface area contributed by atoms with E-state index in [2.05, 4.69) is 15.6 Å². The van der Waals surface area contributed by atoms with E-state index in [1.165, 1.54) is 18.4 Å². The summed E-state index contributed by atoms with van der Waals surface area (Å²) in [5.41, 5.74) is 2.55. The number of ether oxygens (including phenoxy) is 1. The number of nitrogens with one attached hydrogen (secondary N) is 2. The van der Waals surface area contributed by atoms with E-state index in [-0.39, 0.29) is 12.5 Å². The van der Waals surface area contributed by atoms with Crippen LogP contribution in [0.5, 0.6) is 0 Å². The largest absolute Gasteiger partial charge is 0.451 e. The fourth-order valence-corrected chi connectivity index (χ4v) is 4.00. The number of amides is 2. The zero-order valence-electron chi connectivity index (χ0n) is 15.7. The maximum Gasteiger partial charge on any atom is 0.351 e. The van der Waals surface area contributed by atoms with Gasteiger partial charge in [-0.1, -0.05) is 0 Å². The van der Waals surface area contributed by atoms with Crippen molar-refractivity contribution in [2.45, 2.75) is 13.8 Å². The Labute approximate surface area is 165 Å². The molecule has 2 amide bonds. The molecule has 3 aromatic heterocycles. The molecule has 3 rings (SSSR count). The molecule has 0 saturated heterocycles. The third kappa shape index (κ3) is 4.04. The van der Waals surface area contributed by atoms with Crippen molar-refractivity contribution in [2.75, 3.05) is 20.2 Å². The topological polar surface area (TPSA) is 102 Å². The van der Waals surface area contributed by atoms with Gasteiger partial charge in [-0.05, 0) is 37.6 Å². The normalized spacial score (nSPS) is 10.7. The predicted molar refractivity (Wildman–Crippen MR) is 106 cm³/mol. The van der Waals surface area contributed by atoms with E-state index in [0.29, 0.717) is 10.6 Å². The van der Waals surface area contributed by atoms with Crippen LogP contribution in [0.3, 0.4) is 0 Å². The minimum absolute atomic E-state index is 0.174. The van der Waals surface area contributed by atoms with Crippen molar-refractivity contribution in [2.24, 2.45) is 0 Å². The first-order chi connectivity index (χ1) is 13.4. The molecule has 0 atom stereocenters. The van der Waals surface area contributed by atoms with Crippen LogP contribution in [-0.4, -0.2) is 47.5 Å². The SMILES string of the molecule is CNC(=O)CNC(=O)COC(=O)c1sc2nc(C)cc(C)c2c1-n1cccc1. The molecule has 2 N–H and O–H groups in total. The Kier molecular flexibility index (Phi) is 5.74. The number of carbonyl (C=O) groups excluding carboxylic acids is 3. The minimum Gasteiger partial charge on any atom is -0.451 e. The van der Waals surface area contributed by atoms with Crippen molar-refractivity contribution in [1.82, 2.24) is 20.2 Å². The van der Waals surface area contributed by atoms with Crippen molar-refractivity contribution >= 4 is 39.3 Å². The van der Waals surface area contributed by atoms with Crippen molar-refractivity contribution in [3.63, 3.8) is 0 Å². The number of aryl methyl sites for hydroxylation is 2. The summed E-state index contributed by atoms with van der Waals surface area (Å²) in [6.45, 7) is 3.22. The highest BCUT2D eigenvalue weighted by Crippen LogP contribution is 2.36. The van der Waals surface area contributed by atoms with Gasteiger partial charge in [-0.15, -0.1) is 11.3 Å². The van der Waals surface area contributed by atoms with Gasteiger partial charge in [0.25, 0.3) is 5.91 Å². The van der Waals surface area contributed by atoms with Crippen LogP contribution in [0.4, 0.5) is 0 Å². The van der Waals surface area contributed by atoms with E-state index in [0.717, 1.165) is 21.5 Å². The van der Waals surface area contributed by atoms with Crippen molar-refractivity contribution in [1.29, 1.82) is 0 Å². The van der Waals surface area contributed by atoms with Gasteiger partial charge in [0.05, 0.1) is 12.2 Å². The molecule has 9 heteroatoms. The van der Waals surface area contributed by atoms with Gasteiger partial charge in [-0.3, -0.25) is 9.59 Å². The Morgan fingerprint density at radius 1 is 1.18 bits per heavy atom. The average Bonchev–Trinajstić information content (AvgIpc) is 3.31. The highest BCUT2D eigenvalue weighted by atomic mass is 32.1. The van der Waals surface area contributed by atoms with Gasteiger partial charge in [-0.25, -0.2) is 9.78 Å². The average molecular weight is 400 g/mol. The van der Waals surface area contributed by atoms with Crippen LogP contribution in [0, 0.1) is 13.8 Å². The summed E-state index contributed by atoms with van der Waals surface area (Å²) < 4.78 is 7.02. The smallest absolute Gasteiger partial charge is 0.351 e. The Bertz CT molecular complexity index is 1040. The zero-order valence-corrected chi connectivity index (χ0v) is 16.6. The molecule has 0 unspecified atom stereocenters. The Morgan fingerprint density at radius 2 is 1.89 bits per heavy atom. The second kappa shape index (κ2) is 8.22. The molecule has 0 spiro atoms. The van der Waals surface area contributed by atoms with Gasteiger partial charge < -0.3 is 19.9 Å². The van der Waals surface area contributed by atoms with E-state index >= 15 is 0 Å². The summed E-state index contributed by atoms with van der Waals surface area (Å²) in [5.74, 6) is -1.50. The minimum atomic E-state index is -0.612. The second-order valence-corrected chi connectivity index (χ2v) is 7.16. The third-order valence-electron chi connectivity index (χ3n) is 4.07. The highest BCUT2D eigenvalue weighted by Gasteiger charge is 2.23. The molecule has 3 aromatic rings. The quantitative estimate of drug-likeness (QED) is 0.614. The molecule has 0 fully saturated rings. The fourth-order valence-electron chi connectivity index (χ4n) is 2.81. The number of hydrogen-bond donors (Lipinski definition) is 2. The van der Waals surface area contributed by atoms with E-state index in [1.807, 2.05) is 49.0 Å². The lowest BCUT2D eigenvalue weighted by atomic mass is 10.1. The summed E-state index contributed by atoms with van der Waals surface area (Å²) in [6, 6.07) is 5.69. The Balaban J connectivity index is 1.87. The number of hydrogen-bond acceptors (Lipinski definition) is 6. The number of nitrogens with zero attached hydrogens (tertiary/aromatic N) is 2. The van der Waals surface area contributed by atoms with Crippen LogP contribution in [0.1, 0.15) is 20.9 Å². The first-order valence-corrected chi connectivity index (χ1v) is 9.41. The number of fused-ring (bicyclic) bond motifs is 1. The Hall–Kier alpha value is -3.20. The lowest BCUT2D eigenvalue weighted by Gasteiger charge is -2.08. The summed E-state index contributed by atoms with van der Waals surface area (Å²) in [5, 5.41) is 5.65. The standard InChI is InChI=1S/C19H20N4O4S/c1-11-8-12(2)22-18-15(11)16(23-6-4-5-7-23)17(28-18)19(26)27-10-14(25)21-9-13(24)20-3/h4-8H,9-10H2,1-3H3,(H,20,24)(H,21,25). The fraction of sp³-hybridized carbons (Fsp3) is 0.263. The summed E-state index contributed by atoms with van der Waals surface area (Å²) in [7, 11) is 1.47. The summed E-state index contributed by atoms with van der Waals surface area (Å²) >= 11 is 1.23. The molecule has 3 heterocycles. The van der Waals surface area contributed by atoms with Crippen LogP contribution in [0.2, 0.25) is 0 Å². The molecule has 0 aliphatic heterocycles. The molecule has 0 radical (unpaired) electrons. The van der Waals surface area contributed by atoms with Crippen molar-refractivity contribution in [3.05, 3.63) is 46.7 Å². The molecule has 8 nitrogen and oxygen atoms in total. The maximum absolute atomic E-state index is 12.7. The first-order valence-electron chi connectivity index (χ1n) is 8.59. The number of thiophene rings is 1. The van der Waals surface area contributed by atoms with Crippen LogP contribution in [0.25, 0.3) is 15.9 Å². The first kappa shape index (κ1) is 19.6. The van der Waals surface area contributed by atoms with Gasteiger partial charge in [0.2, 0.25) is 5.91 Å². The lowest BCUT2D eigenvalue weighted by molar-refractivity contribution is -0.127. The van der Waals surface area contributed by atoms with Crippen LogP contribution >= 0.6 is 11.3 Å². The molecule has 0 aromatic carbocycles. The predicted octanol–water partition coefficient (Wildman–Crippen LogP) is 1.72. The molecular formula is C19H20N4O4S. The molecule has 28 heavy (non-hydrogen) atoms.